The third-order valence-corrected chi connectivity index (χ3v) is 10.6. The van der Waals surface area contributed by atoms with Crippen LogP contribution < -0.4 is 0 Å². The smallest absolute Gasteiger partial charge is 0.0466 e. The molecule has 0 amide bonds. The number of rotatable bonds is 22. The molecule has 0 radical (unpaired) electrons. The van der Waals surface area contributed by atoms with E-state index in [0.29, 0.717) is 0 Å². The highest BCUT2D eigenvalue weighted by molar-refractivity contribution is 5.24. The summed E-state index contributed by atoms with van der Waals surface area (Å²) in [5, 5.41) is 0. The molecule has 1 heteroatoms. The number of allylic oxidation sites excluding steroid dienone is 4. The van der Waals surface area contributed by atoms with Crippen LogP contribution in [0, 0.1) is 11.8 Å². The lowest BCUT2D eigenvalue weighted by molar-refractivity contribution is 0.126. The molecule has 0 spiro atoms. The van der Waals surface area contributed by atoms with Crippen molar-refractivity contribution < 1.29 is 4.74 Å². The molecule has 0 saturated carbocycles. The molecule has 2 aliphatic carbocycles. The summed E-state index contributed by atoms with van der Waals surface area (Å²) in [7, 11) is 0. The third-order valence-electron chi connectivity index (χ3n) is 10.6. The van der Waals surface area contributed by atoms with E-state index in [4.69, 9.17) is 4.74 Å². The zero-order valence-corrected chi connectivity index (χ0v) is 29.3. The van der Waals surface area contributed by atoms with Gasteiger partial charge in [0.25, 0.3) is 0 Å². The molecule has 0 saturated heterocycles. The van der Waals surface area contributed by atoms with E-state index in [1.807, 2.05) is 0 Å². The van der Waals surface area contributed by atoms with Crippen molar-refractivity contribution in [2.24, 2.45) is 11.8 Å². The van der Waals surface area contributed by atoms with Gasteiger partial charge in [0.1, 0.15) is 0 Å². The molecular weight excluding hydrogens is 544 g/mol. The highest BCUT2D eigenvalue weighted by Crippen LogP contribution is 2.31. The highest BCUT2D eigenvalue weighted by Gasteiger charge is 2.15. The summed E-state index contributed by atoms with van der Waals surface area (Å²) in [6.45, 7) is 6.43. The van der Waals surface area contributed by atoms with Crippen LogP contribution in [0.5, 0.6) is 0 Å². The largest absolute Gasteiger partial charge is 0.381 e. The molecule has 2 aromatic carbocycles. The Bertz CT molecular complexity index is 1020. The Kier molecular flexibility index (Phi) is 17.2. The van der Waals surface area contributed by atoms with Gasteiger partial charge in [0, 0.05) is 13.2 Å². The van der Waals surface area contributed by atoms with Gasteiger partial charge < -0.3 is 4.74 Å². The van der Waals surface area contributed by atoms with Crippen molar-refractivity contribution in [2.45, 2.75) is 155 Å². The lowest BCUT2D eigenvalue weighted by Crippen LogP contribution is -2.07. The van der Waals surface area contributed by atoms with Gasteiger partial charge in [-0.15, -0.1) is 0 Å². The fourth-order valence-corrected chi connectivity index (χ4v) is 7.50. The molecule has 4 rings (SSSR count). The second kappa shape index (κ2) is 21.6. The van der Waals surface area contributed by atoms with Gasteiger partial charge in [0.2, 0.25) is 0 Å². The van der Waals surface area contributed by atoms with E-state index in [-0.39, 0.29) is 0 Å². The molecule has 2 aromatic rings. The molecule has 0 N–H and O–H groups in total. The molecule has 0 aromatic heterocycles. The normalized spacial score (nSPS) is 18.5. The van der Waals surface area contributed by atoms with Gasteiger partial charge in [0.15, 0.2) is 0 Å². The zero-order chi connectivity index (χ0) is 31.4. The van der Waals surface area contributed by atoms with E-state index >= 15 is 0 Å². The van der Waals surface area contributed by atoms with Crippen molar-refractivity contribution in [3.63, 3.8) is 0 Å². The Morgan fingerprint density at radius 1 is 0.489 bits per heavy atom. The topological polar surface area (TPSA) is 9.23 Å². The van der Waals surface area contributed by atoms with Gasteiger partial charge in [-0.2, -0.15) is 0 Å². The molecule has 2 atom stereocenters. The van der Waals surface area contributed by atoms with Crippen LogP contribution in [0.15, 0.2) is 71.8 Å². The minimum Gasteiger partial charge on any atom is -0.381 e. The van der Waals surface area contributed by atoms with E-state index in [1.54, 1.807) is 11.1 Å². The van der Waals surface area contributed by atoms with Crippen LogP contribution in [0.2, 0.25) is 0 Å². The van der Waals surface area contributed by atoms with Gasteiger partial charge >= 0.3 is 0 Å². The number of benzene rings is 2. The van der Waals surface area contributed by atoms with E-state index in [9.17, 15) is 0 Å². The van der Waals surface area contributed by atoms with Gasteiger partial charge in [-0.1, -0.05) is 111 Å². The molecule has 0 heterocycles. The van der Waals surface area contributed by atoms with Crippen molar-refractivity contribution in [1.82, 2.24) is 0 Å². The number of unbranched alkanes of at least 4 members (excludes halogenated alkanes) is 4. The van der Waals surface area contributed by atoms with Gasteiger partial charge in [-0.25, -0.2) is 0 Å². The first-order chi connectivity index (χ1) is 22.2. The van der Waals surface area contributed by atoms with Crippen LogP contribution in [0.4, 0.5) is 0 Å². The maximum atomic E-state index is 5.98. The second-order valence-electron chi connectivity index (χ2n) is 14.4. The Morgan fingerprint density at radius 3 is 1.24 bits per heavy atom. The minimum atomic E-state index is 0.888. The molecule has 0 aliphatic heterocycles. The fourth-order valence-electron chi connectivity index (χ4n) is 7.50. The van der Waals surface area contributed by atoms with Crippen LogP contribution in [-0.2, 0) is 30.4 Å². The van der Waals surface area contributed by atoms with Crippen molar-refractivity contribution in [2.75, 3.05) is 13.2 Å². The molecule has 2 aliphatic rings. The summed E-state index contributed by atoms with van der Waals surface area (Å²) in [6, 6.07) is 18.8. The third kappa shape index (κ3) is 14.5. The van der Waals surface area contributed by atoms with E-state index in [1.165, 1.54) is 164 Å². The lowest BCUT2D eigenvalue weighted by atomic mass is 9.84. The SMILES string of the molecule is CCCc1ccc(CCC2CC=C(CCCCCOCCCCCC3=CCC(CCc4ccc(CCC)cc4)CC3)CC2)cc1. The number of aryl methyl sites for hydroxylation is 4. The van der Waals surface area contributed by atoms with Crippen LogP contribution in [-0.4, -0.2) is 13.2 Å². The lowest BCUT2D eigenvalue weighted by Gasteiger charge is -2.22. The first-order valence-corrected chi connectivity index (χ1v) is 19.3. The predicted molar refractivity (Wildman–Crippen MR) is 196 cm³/mol. The van der Waals surface area contributed by atoms with Crippen molar-refractivity contribution >= 4 is 0 Å². The monoisotopic (exact) mass is 611 g/mol. The van der Waals surface area contributed by atoms with E-state index in [2.05, 4.69) is 74.5 Å². The van der Waals surface area contributed by atoms with Gasteiger partial charge in [0.05, 0.1) is 0 Å². The van der Waals surface area contributed by atoms with E-state index in [0.717, 1.165) is 25.0 Å². The summed E-state index contributed by atoms with van der Waals surface area (Å²) in [4.78, 5) is 0. The summed E-state index contributed by atoms with van der Waals surface area (Å²) >= 11 is 0. The molecule has 248 valence electrons. The summed E-state index contributed by atoms with van der Waals surface area (Å²) < 4.78 is 5.98. The standard InChI is InChI=1S/C44H66O/c1-3-11-37-15-23-41(24-16-37)31-33-43-27-19-39(20-28-43)13-7-5-9-35-45-36-10-6-8-14-40-21-29-44(30-22-40)34-32-42-25-17-38(12-4-2)18-26-42/h15-19,21,23-26,43-44H,3-14,20,22,27-36H2,1-2H3. The van der Waals surface area contributed by atoms with Crippen LogP contribution in [0.1, 0.15) is 152 Å². The van der Waals surface area contributed by atoms with Crippen molar-refractivity contribution in [1.29, 1.82) is 0 Å². The number of hydrogen-bond acceptors (Lipinski definition) is 1. The average Bonchev–Trinajstić information content (AvgIpc) is 3.08. The van der Waals surface area contributed by atoms with Gasteiger partial charge in [-0.05, 0) is 150 Å². The summed E-state index contributed by atoms with van der Waals surface area (Å²) in [5.41, 5.74) is 9.47. The van der Waals surface area contributed by atoms with Crippen LogP contribution in [0.25, 0.3) is 0 Å². The first-order valence-electron chi connectivity index (χ1n) is 19.3. The fraction of sp³-hybridized carbons (Fsp3) is 0.636. The Labute approximate surface area is 278 Å². The molecule has 0 bridgehead atoms. The average molecular weight is 611 g/mol. The Hall–Kier alpha value is -2.12. The summed E-state index contributed by atoms with van der Waals surface area (Å²) in [5.74, 6) is 1.78. The maximum Gasteiger partial charge on any atom is 0.0466 e. The highest BCUT2D eigenvalue weighted by atomic mass is 16.5. The zero-order valence-electron chi connectivity index (χ0n) is 29.3. The molecule has 2 unspecified atom stereocenters. The second-order valence-corrected chi connectivity index (χ2v) is 14.4. The van der Waals surface area contributed by atoms with Crippen LogP contribution in [0.3, 0.4) is 0 Å². The Morgan fingerprint density at radius 2 is 0.889 bits per heavy atom. The summed E-state index contributed by atoms with van der Waals surface area (Å²) in [6.07, 6.45) is 33.7. The molecule has 0 fully saturated rings. The van der Waals surface area contributed by atoms with E-state index < -0.39 is 0 Å². The van der Waals surface area contributed by atoms with Gasteiger partial charge in [-0.3, -0.25) is 0 Å². The first kappa shape index (κ1) is 35.7. The van der Waals surface area contributed by atoms with Crippen molar-refractivity contribution in [3.05, 3.63) is 94.1 Å². The Balaban J connectivity index is 0.924. The van der Waals surface area contributed by atoms with Crippen molar-refractivity contribution in [3.8, 4) is 0 Å². The molecule has 1 nitrogen and oxygen atoms in total. The minimum absolute atomic E-state index is 0.888. The number of hydrogen-bond donors (Lipinski definition) is 0. The molecular formula is C44H66O. The van der Waals surface area contributed by atoms with Crippen LogP contribution >= 0.6 is 0 Å². The maximum absolute atomic E-state index is 5.98. The number of ether oxygens (including phenoxy) is 1. The molecule has 45 heavy (non-hydrogen) atoms. The predicted octanol–water partition coefficient (Wildman–Crippen LogP) is 12.7. The quantitative estimate of drug-likeness (QED) is 0.0952.